The highest BCUT2D eigenvalue weighted by atomic mass is 15.1. The van der Waals surface area contributed by atoms with Crippen molar-refractivity contribution in [1.82, 2.24) is 0 Å². The van der Waals surface area contributed by atoms with Crippen molar-refractivity contribution >= 4 is 17.1 Å². The van der Waals surface area contributed by atoms with Crippen molar-refractivity contribution < 1.29 is 0 Å². The highest BCUT2D eigenvalue weighted by Crippen LogP contribution is 2.68. The molecule has 11 aromatic rings. The van der Waals surface area contributed by atoms with Gasteiger partial charge >= 0.3 is 0 Å². The summed E-state index contributed by atoms with van der Waals surface area (Å²) in [5.41, 5.74) is 25.4. The lowest BCUT2D eigenvalue weighted by atomic mass is 9.51. The Morgan fingerprint density at radius 3 is 0.971 bits per heavy atom. The summed E-state index contributed by atoms with van der Waals surface area (Å²) < 4.78 is 0. The second kappa shape index (κ2) is 15.4. The molecule has 0 N–H and O–H groups in total. The molecule has 11 aromatic carbocycles. The second-order valence-electron chi connectivity index (χ2n) is 18.7. The molecule has 0 fully saturated rings. The zero-order valence-electron chi connectivity index (χ0n) is 37.9. The van der Waals surface area contributed by atoms with E-state index in [9.17, 15) is 0 Å². The molecule has 1 nitrogen and oxygen atoms in total. The van der Waals surface area contributed by atoms with Crippen LogP contribution in [0.4, 0.5) is 17.1 Å². The van der Waals surface area contributed by atoms with Crippen LogP contribution in [0.3, 0.4) is 0 Å². The Morgan fingerprint density at radius 1 is 0.188 bits per heavy atom. The zero-order chi connectivity index (χ0) is 45.5. The number of rotatable bonds is 6. The van der Waals surface area contributed by atoms with Gasteiger partial charge in [-0.25, -0.2) is 0 Å². The smallest absolute Gasteiger partial charge is 0.0725 e. The van der Waals surface area contributed by atoms with Gasteiger partial charge in [0, 0.05) is 17.1 Å². The molecule has 14 rings (SSSR count). The Labute approximate surface area is 403 Å². The summed E-state index contributed by atoms with van der Waals surface area (Å²) in [6, 6.07) is 102. The summed E-state index contributed by atoms with van der Waals surface area (Å²) in [7, 11) is 0. The van der Waals surface area contributed by atoms with E-state index in [2.05, 4.69) is 278 Å². The molecule has 3 aliphatic carbocycles. The van der Waals surface area contributed by atoms with Gasteiger partial charge in [0.15, 0.2) is 0 Å². The van der Waals surface area contributed by atoms with E-state index >= 15 is 0 Å². The molecule has 1 heteroatoms. The minimum Gasteiger partial charge on any atom is -0.311 e. The Bertz CT molecular complexity index is 3660. The molecule has 0 radical (unpaired) electrons. The van der Waals surface area contributed by atoms with Crippen molar-refractivity contribution in [1.29, 1.82) is 0 Å². The van der Waals surface area contributed by atoms with Gasteiger partial charge in [-0.3, -0.25) is 0 Å². The van der Waals surface area contributed by atoms with E-state index in [1.807, 2.05) is 0 Å². The molecule has 3 aliphatic rings. The standard InChI is InChI=1S/C68H45N/c1-3-18-46(19-4-1)47-34-36-48(37-35-47)49-38-42-52(43-39-49)69(51-20-5-2-6-21-51)53-44-40-50(41-45-53)54-26-17-33-65-66(54)68(61-29-13-9-24-57(61)58-25-10-14-30-62(58)68)64-32-16-15-31-63(64)67(65)59-27-11-7-22-55(59)56-23-8-12-28-60(56)67/h1-45H. The quantitative estimate of drug-likeness (QED) is 0.161. The van der Waals surface area contributed by atoms with Gasteiger partial charge in [-0.1, -0.05) is 237 Å². The molecule has 0 aromatic heterocycles. The molecule has 0 saturated heterocycles. The minimum absolute atomic E-state index is 0.535. The predicted octanol–water partition coefficient (Wildman–Crippen LogP) is 17.2. The normalized spacial score (nSPS) is 13.7. The Balaban J connectivity index is 0.958. The van der Waals surface area contributed by atoms with Crippen molar-refractivity contribution in [2.45, 2.75) is 10.8 Å². The lowest BCUT2D eigenvalue weighted by Gasteiger charge is -2.49. The topological polar surface area (TPSA) is 3.24 Å². The average Bonchev–Trinajstić information content (AvgIpc) is 3.89. The van der Waals surface area contributed by atoms with Gasteiger partial charge in [0.05, 0.1) is 10.8 Å². The van der Waals surface area contributed by atoms with Crippen molar-refractivity contribution in [2.75, 3.05) is 4.90 Å². The highest BCUT2D eigenvalue weighted by molar-refractivity contribution is 5.96. The van der Waals surface area contributed by atoms with Crippen LogP contribution in [0.1, 0.15) is 44.5 Å². The van der Waals surface area contributed by atoms with Gasteiger partial charge in [-0.15, -0.1) is 0 Å². The predicted molar refractivity (Wildman–Crippen MR) is 286 cm³/mol. The van der Waals surface area contributed by atoms with Crippen molar-refractivity contribution in [3.8, 4) is 55.6 Å². The Hall–Kier alpha value is -8.78. The lowest BCUT2D eigenvalue weighted by molar-refractivity contribution is 0.634. The Morgan fingerprint density at radius 2 is 0.493 bits per heavy atom. The first kappa shape index (κ1) is 39.4. The van der Waals surface area contributed by atoms with E-state index < -0.39 is 10.8 Å². The molecular formula is C68H45N. The van der Waals surface area contributed by atoms with Gasteiger partial charge in [0.2, 0.25) is 0 Å². The van der Waals surface area contributed by atoms with Crippen LogP contribution >= 0.6 is 0 Å². The maximum absolute atomic E-state index is 2.45. The highest BCUT2D eigenvalue weighted by Gasteiger charge is 2.59. The number of para-hydroxylation sites is 1. The van der Waals surface area contributed by atoms with Crippen LogP contribution in [0.15, 0.2) is 273 Å². The summed E-state index contributed by atoms with van der Waals surface area (Å²) in [5.74, 6) is 0. The summed E-state index contributed by atoms with van der Waals surface area (Å²) >= 11 is 0. The van der Waals surface area contributed by atoms with E-state index in [0.717, 1.165) is 17.1 Å². The molecule has 2 spiro atoms. The fourth-order valence-corrected chi connectivity index (χ4v) is 12.6. The first-order valence-corrected chi connectivity index (χ1v) is 24.1. The lowest BCUT2D eigenvalue weighted by Crippen LogP contribution is -2.44. The van der Waals surface area contributed by atoms with Crippen LogP contribution in [0.5, 0.6) is 0 Å². The van der Waals surface area contributed by atoms with Crippen molar-refractivity contribution in [2.24, 2.45) is 0 Å². The monoisotopic (exact) mass is 875 g/mol. The molecule has 0 saturated carbocycles. The second-order valence-corrected chi connectivity index (χ2v) is 18.7. The third kappa shape index (κ3) is 5.59. The van der Waals surface area contributed by atoms with Gasteiger partial charge in [0.25, 0.3) is 0 Å². The van der Waals surface area contributed by atoms with Gasteiger partial charge in [-0.05, 0) is 137 Å². The first-order chi connectivity index (χ1) is 34.2. The summed E-state index contributed by atoms with van der Waals surface area (Å²) in [5, 5.41) is 0. The van der Waals surface area contributed by atoms with E-state index in [1.165, 1.54) is 100 Å². The maximum Gasteiger partial charge on any atom is 0.0725 e. The number of fused-ring (bicyclic) bond motifs is 16. The Kier molecular flexibility index (Phi) is 8.78. The SMILES string of the molecule is c1ccc(-c2ccc(-c3ccc(N(c4ccccc4)c4ccc(-c5cccc6c5C5(c7ccccc7-c7ccccc75)c5ccccc5C65c6ccccc6-c6ccccc65)cc4)cc3)cc2)cc1. The van der Waals surface area contributed by atoms with Gasteiger partial charge in [0.1, 0.15) is 0 Å². The molecule has 0 bridgehead atoms. The first-order valence-electron chi connectivity index (χ1n) is 24.1. The summed E-state index contributed by atoms with van der Waals surface area (Å²) in [6.45, 7) is 0. The number of hydrogen-bond acceptors (Lipinski definition) is 1. The van der Waals surface area contributed by atoms with Crippen LogP contribution < -0.4 is 4.90 Å². The summed E-state index contributed by atoms with van der Waals surface area (Å²) in [6.07, 6.45) is 0. The molecule has 69 heavy (non-hydrogen) atoms. The van der Waals surface area contributed by atoms with E-state index in [0.29, 0.717) is 0 Å². The fraction of sp³-hybridized carbons (Fsp3) is 0.0294. The van der Waals surface area contributed by atoms with Crippen LogP contribution in [-0.4, -0.2) is 0 Å². The molecule has 0 heterocycles. The molecule has 0 unspecified atom stereocenters. The van der Waals surface area contributed by atoms with Crippen LogP contribution in [0.25, 0.3) is 55.6 Å². The summed E-state index contributed by atoms with van der Waals surface area (Å²) in [4.78, 5) is 2.37. The number of nitrogens with zero attached hydrogens (tertiary/aromatic N) is 1. The third-order valence-corrected chi connectivity index (χ3v) is 15.4. The van der Waals surface area contributed by atoms with Crippen LogP contribution in [0, 0.1) is 0 Å². The molecular weight excluding hydrogens is 831 g/mol. The van der Waals surface area contributed by atoms with E-state index in [1.54, 1.807) is 0 Å². The van der Waals surface area contributed by atoms with E-state index in [4.69, 9.17) is 0 Å². The number of anilines is 3. The van der Waals surface area contributed by atoms with Crippen molar-refractivity contribution in [3.05, 3.63) is 317 Å². The van der Waals surface area contributed by atoms with Crippen molar-refractivity contribution in [3.63, 3.8) is 0 Å². The molecule has 0 aliphatic heterocycles. The van der Waals surface area contributed by atoms with Crippen LogP contribution in [-0.2, 0) is 10.8 Å². The third-order valence-electron chi connectivity index (χ3n) is 15.4. The molecule has 0 atom stereocenters. The molecule has 0 amide bonds. The number of benzene rings is 11. The van der Waals surface area contributed by atoms with Gasteiger partial charge < -0.3 is 4.90 Å². The van der Waals surface area contributed by atoms with E-state index in [-0.39, 0.29) is 0 Å². The maximum atomic E-state index is 2.45. The number of hydrogen-bond donors (Lipinski definition) is 0. The van der Waals surface area contributed by atoms with Crippen LogP contribution in [0.2, 0.25) is 0 Å². The largest absolute Gasteiger partial charge is 0.311 e. The minimum atomic E-state index is -0.578. The average molecular weight is 876 g/mol. The van der Waals surface area contributed by atoms with Gasteiger partial charge in [-0.2, -0.15) is 0 Å². The zero-order valence-corrected chi connectivity index (χ0v) is 37.9. The fourth-order valence-electron chi connectivity index (χ4n) is 12.6. The molecule has 322 valence electrons.